The molecule has 2 aromatic heterocycles. The summed E-state index contributed by atoms with van der Waals surface area (Å²) in [4.78, 5) is 44.2. The lowest BCUT2D eigenvalue weighted by atomic mass is 10.0. The van der Waals surface area contributed by atoms with Crippen molar-refractivity contribution in [3.63, 3.8) is 0 Å². The summed E-state index contributed by atoms with van der Waals surface area (Å²) in [6.07, 6.45) is 0. The fourth-order valence-electron chi connectivity index (χ4n) is 3.12. The Kier molecular flexibility index (Phi) is 6.98. The summed E-state index contributed by atoms with van der Waals surface area (Å²) < 4.78 is 4.99. The molecule has 0 aliphatic rings. The summed E-state index contributed by atoms with van der Waals surface area (Å²) >= 11 is 1.14. The lowest BCUT2D eigenvalue weighted by molar-refractivity contribution is 0.0524. The first kappa shape index (κ1) is 22.4. The van der Waals surface area contributed by atoms with Crippen LogP contribution in [0.15, 0.2) is 11.1 Å². The number of thioether (sulfide) groups is 1. The summed E-state index contributed by atoms with van der Waals surface area (Å²) in [6, 6.07) is 3.47. The lowest BCUT2D eigenvalue weighted by Gasteiger charge is -2.13. The van der Waals surface area contributed by atoms with Crippen molar-refractivity contribution in [2.45, 2.75) is 51.8 Å². The summed E-state index contributed by atoms with van der Waals surface area (Å²) in [5.74, 6) is -0.834. The minimum Gasteiger partial charge on any atom is -0.462 e. The van der Waals surface area contributed by atoms with E-state index in [1.54, 1.807) is 34.6 Å². The van der Waals surface area contributed by atoms with E-state index in [9.17, 15) is 19.6 Å². The van der Waals surface area contributed by atoms with Crippen molar-refractivity contribution >= 4 is 29.3 Å². The number of Topliss-reactive ketones (excluding diaryl/α,β-unsaturated/α-hetero) is 2. The number of ketones is 2. The number of H-pyrrole nitrogens is 1. The predicted molar refractivity (Wildman–Crippen MR) is 110 cm³/mol. The number of carbonyl (C=O) groups is 3. The van der Waals surface area contributed by atoms with Crippen molar-refractivity contribution in [1.82, 2.24) is 9.97 Å². The van der Waals surface area contributed by atoms with E-state index in [1.807, 2.05) is 6.07 Å². The first-order valence-electron chi connectivity index (χ1n) is 9.12. The molecular weight excluding hydrogens is 390 g/mol. The third-order valence-electron chi connectivity index (χ3n) is 4.49. The number of hydrogen-bond acceptors (Lipinski definition) is 7. The van der Waals surface area contributed by atoms with Crippen molar-refractivity contribution in [3.8, 4) is 6.07 Å². The van der Waals surface area contributed by atoms with Crippen LogP contribution in [-0.4, -0.2) is 39.4 Å². The number of pyridine rings is 1. The van der Waals surface area contributed by atoms with Gasteiger partial charge in [0.15, 0.2) is 11.6 Å². The number of ether oxygens (including phenoxy) is 1. The molecule has 152 valence electrons. The van der Waals surface area contributed by atoms with Gasteiger partial charge in [-0.15, -0.1) is 0 Å². The largest absolute Gasteiger partial charge is 0.462 e. The van der Waals surface area contributed by atoms with Crippen LogP contribution < -0.4 is 0 Å². The molecule has 2 aromatic rings. The highest BCUT2D eigenvalue weighted by Crippen LogP contribution is 2.30. The topological polar surface area (TPSA) is 113 Å². The molecule has 29 heavy (non-hydrogen) atoms. The molecule has 0 aromatic carbocycles. The van der Waals surface area contributed by atoms with Crippen LogP contribution in [0.3, 0.4) is 0 Å². The minimum atomic E-state index is -0.556. The number of nitriles is 1. The predicted octanol–water partition coefficient (Wildman–Crippen LogP) is 3.95. The number of aromatic amines is 1. The van der Waals surface area contributed by atoms with E-state index in [-0.39, 0.29) is 29.3 Å². The standard InChI is InChI=1S/C21H23N3O4S/c1-7-28-21(27)16-8-15(9-22)20(24-11(16)3)29-14(6)19(26)18-10(2)17(13(5)25)12(4)23-18/h8,14,23H,7H2,1-6H3/t14-/m0/s1. The Morgan fingerprint density at radius 3 is 2.48 bits per heavy atom. The third-order valence-corrected chi connectivity index (χ3v) is 5.59. The van der Waals surface area contributed by atoms with Crippen LogP contribution in [0, 0.1) is 32.1 Å². The van der Waals surface area contributed by atoms with Gasteiger partial charge in [-0.1, -0.05) is 11.8 Å². The van der Waals surface area contributed by atoms with Crippen LogP contribution in [0.25, 0.3) is 0 Å². The number of hydrogen-bond donors (Lipinski definition) is 1. The number of carbonyl (C=O) groups excluding carboxylic acids is 3. The Morgan fingerprint density at radius 2 is 1.97 bits per heavy atom. The van der Waals surface area contributed by atoms with E-state index in [4.69, 9.17) is 4.74 Å². The SMILES string of the molecule is CCOC(=O)c1cc(C#N)c(S[C@@H](C)C(=O)c2[nH]c(C)c(C(C)=O)c2C)nc1C. The monoisotopic (exact) mass is 413 g/mol. The van der Waals surface area contributed by atoms with Gasteiger partial charge in [-0.25, -0.2) is 9.78 Å². The Bertz CT molecular complexity index is 1030. The number of aromatic nitrogens is 2. The molecule has 1 N–H and O–H groups in total. The maximum absolute atomic E-state index is 13.0. The van der Waals surface area contributed by atoms with Gasteiger partial charge >= 0.3 is 5.97 Å². The number of rotatable bonds is 7. The van der Waals surface area contributed by atoms with Gasteiger partial charge in [0.05, 0.1) is 34.4 Å². The van der Waals surface area contributed by atoms with Crippen molar-refractivity contribution in [2.24, 2.45) is 0 Å². The highest BCUT2D eigenvalue weighted by Gasteiger charge is 2.26. The van der Waals surface area contributed by atoms with Gasteiger partial charge in [-0.05, 0) is 53.2 Å². The fourth-order valence-corrected chi connectivity index (χ4v) is 4.10. The van der Waals surface area contributed by atoms with Gasteiger partial charge in [0.25, 0.3) is 0 Å². The van der Waals surface area contributed by atoms with E-state index < -0.39 is 11.2 Å². The lowest BCUT2D eigenvalue weighted by Crippen LogP contribution is -2.16. The second-order valence-corrected chi connectivity index (χ2v) is 7.94. The van der Waals surface area contributed by atoms with E-state index in [2.05, 4.69) is 9.97 Å². The summed E-state index contributed by atoms with van der Waals surface area (Å²) in [5.41, 5.74) is 3.04. The van der Waals surface area contributed by atoms with Crippen LogP contribution in [-0.2, 0) is 4.74 Å². The zero-order chi connectivity index (χ0) is 21.9. The first-order valence-corrected chi connectivity index (χ1v) is 10.00. The molecule has 1 atom stereocenters. The van der Waals surface area contributed by atoms with Gasteiger partial charge in [0, 0.05) is 11.3 Å². The molecular formula is C21H23N3O4S. The normalized spacial score (nSPS) is 11.6. The minimum absolute atomic E-state index is 0.103. The molecule has 0 aliphatic heterocycles. The molecule has 8 heteroatoms. The molecule has 0 spiro atoms. The van der Waals surface area contributed by atoms with Crippen molar-refractivity contribution < 1.29 is 19.1 Å². The molecule has 7 nitrogen and oxygen atoms in total. The summed E-state index contributed by atoms with van der Waals surface area (Å²) in [6.45, 7) is 10.2. The highest BCUT2D eigenvalue weighted by molar-refractivity contribution is 8.00. The summed E-state index contributed by atoms with van der Waals surface area (Å²) in [7, 11) is 0. The Balaban J connectivity index is 2.34. The van der Waals surface area contributed by atoms with Crippen LogP contribution >= 0.6 is 11.8 Å². The average Bonchev–Trinajstić information content (AvgIpc) is 2.95. The smallest absolute Gasteiger partial charge is 0.340 e. The molecule has 0 fully saturated rings. The van der Waals surface area contributed by atoms with Gasteiger partial charge in [-0.3, -0.25) is 9.59 Å². The number of nitrogens with zero attached hydrogens (tertiary/aromatic N) is 2. The Hall–Kier alpha value is -2.92. The molecule has 2 rings (SSSR count). The Labute approximate surface area is 173 Å². The van der Waals surface area contributed by atoms with Gasteiger partial charge < -0.3 is 9.72 Å². The van der Waals surface area contributed by atoms with E-state index in [1.165, 1.54) is 13.0 Å². The van der Waals surface area contributed by atoms with Crippen LogP contribution in [0.1, 0.15) is 74.5 Å². The molecule has 0 radical (unpaired) electrons. The second-order valence-electron chi connectivity index (χ2n) is 6.61. The number of esters is 1. The molecule has 0 amide bonds. The molecule has 0 unspecified atom stereocenters. The fraction of sp³-hybridized carbons (Fsp3) is 0.381. The maximum atomic E-state index is 13.0. The van der Waals surface area contributed by atoms with Gasteiger partial charge in [0.1, 0.15) is 11.1 Å². The third kappa shape index (κ3) is 4.57. The van der Waals surface area contributed by atoms with Crippen LogP contribution in [0.2, 0.25) is 0 Å². The van der Waals surface area contributed by atoms with Crippen LogP contribution in [0.4, 0.5) is 0 Å². The van der Waals surface area contributed by atoms with E-state index in [0.717, 1.165) is 11.8 Å². The molecule has 0 aliphatic carbocycles. The molecule has 0 saturated carbocycles. The zero-order valence-electron chi connectivity index (χ0n) is 17.3. The maximum Gasteiger partial charge on any atom is 0.340 e. The van der Waals surface area contributed by atoms with Gasteiger partial charge in [-0.2, -0.15) is 5.26 Å². The van der Waals surface area contributed by atoms with Gasteiger partial charge in [0.2, 0.25) is 0 Å². The first-order chi connectivity index (χ1) is 13.6. The Morgan fingerprint density at radius 1 is 1.31 bits per heavy atom. The quantitative estimate of drug-likeness (QED) is 0.415. The highest BCUT2D eigenvalue weighted by atomic mass is 32.2. The average molecular weight is 413 g/mol. The summed E-state index contributed by atoms with van der Waals surface area (Å²) in [5, 5.41) is 9.29. The van der Waals surface area contributed by atoms with E-state index in [0.29, 0.717) is 33.2 Å². The number of aryl methyl sites for hydroxylation is 2. The van der Waals surface area contributed by atoms with Crippen molar-refractivity contribution in [2.75, 3.05) is 6.61 Å². The molecule has 0 saturated heterocycles. The van der Waals surface area contributed by atoms with E-state index >= 15 is 0 Å². The second kappa shape index (κ2) is 9.05. The number of nitrogens with one attached hydrogen (secondary N) is 1. The molecule has 2 heterocycles. The molecule has 0 bridgehead atoms. The van der Waals surface area contributed by atoms with Crippen molar-refractivity contribution in [1.29, 1.82) is 5.26 Å². The van der Waals surface area contributed by atoms with Crippen LogP contribution in [0.5, 0.6) is 0 Å². The zero-order valence-corrected chi connectivity index (χ0v) is 18.1. The van der Waals surface area contributed by atoms with Crippen molar-refractivity contribution in [3.05, 3.63) is 45.4 Å².